The lowest BCUT2D eigenvalue weighted by Crippen LogP contribution is -2.26. The van der Waals surface area contributed by atoms with Crippen LogP contribution in [0, 0.1) is 23.1 Å². The maximum atomic E-state index is 13.4. The van der Waals surface area contributed by atoms with Crippen molar-refractivity contribution in [3.8, 4) is 23.1 Å². The summed E-state index contributed by atoms with van der Waals surface area (Å²) in [6.07, 6.45) is -1.32. The predicted octanol–water partition coefficient (Wildman–Crippen LogP) is 2.53. The Morgan fingerprint density at radius 3 is 2.56 bits per heavy atom. The van der Waals surface area contributed by atoms with Gasteiger partial charge in [-0.3, -0.25) is 9.59 Å². The molecule has 0 radical (unpaired) electrons. The van der Waals surface area contributed by atoms with Gasteiger partial charge in [-0.1, -0.05) is 0 Å². The zero-order valence-corrected chi connectivity index (χ0v) is 17.7. The molecule has 0 bridgehead atoms. The number of furan rings is 1. The molecule has 0 aliphatic carbocycles. The highest BCUT2D eigenvalue weighted by Gasteiger charge is 2.39. The number of carbonyl (C=O) groups excluding carboxylic acids is 4. The monoisotopic (exact) mass is 465 g/mol. The molecule has 1 unspecified atom stereocenters. The van der Waals surface area contributed by atoms with E-state index in [1.165, 1.54) is 48.4 Å². The molecule has 172 valence electrons. The molecular weight excluding hydrogens is 449 g/mol. The van der Waals surface area contributed by atoms with Crippen molar-refractivity contribution in [1.29, 1.82) is 5.26 Å². The van der Waals surface area contributed by atoms with Gasteiger partial charge in [-0.05, 0) is 36.4 Å². The normalized spacial score (nSPS) is 15.4. The van der Waals surface area contributed by atoms with Crippen molar-refractivity contribution in [3.63, 3.8) is 0 Å². The lowest BCUT2D eigenvalue weighted by molar-refractivity contribution is -0.130. The van der Waals surface area contributed by atoms with E-state index in [2.05, 4.69) is 4.74 Å². The Morgan fingerprint density at radius 2 is 1.97 bits per heavy atom. The standard InChI is InChI=1S/C23H16FN3O7/c1-32-17-7-14-18(6-12(17)9-27-10-16(28)15(8-25)21(27)29)33-20(11-2-4-13(24)5-3-11)19(14)22(30)34-23(26)31/h2-7,15H,9-10H2,1H3,(H2,26,31). The number of fused-ring (bicyclic) bond motifs is 1. The minimum Gasteiger partial charge on any atom is -0.496 e. The van der Waals surface area contributed by atoms with E-state index in [4.69, 9.17) is 20.1 Å². The van der Waals surface area contributed by atoms with Crippen molar-refractivity contribution in [2.45, 2.75) is 6.54 Å². The number of methoxy groups -OCH3 is 1. The Labute approximate surface area is 191 Å². The molecule has 34 heavy (non-hydrogen) atoms. The van der Waals surface area contributed by atoms with Gasteiger partial charge in [0.05, 0.1) is 19.7 Å². The number of hydrogen-bond donors (Lipinski definition) is 1. The molecular formula is C23H16FN3O7. The number of ketones is 1. The fourth-order valence-corrected chi connectivity index (χ4v) is 3.77. The maximum Gasteiger partial charge on any atom is 0.412 e. The predicted molar refractivity (Wildman–Crippen MR) is 113 cm³/mol. The number of rotatable bonds is 5. The van der Waals surface area contributed by atoms with E-state index in [1.54, 1.807) is 6.07 Å². The van der Waals surface area contributed by atoms with Crippen molar-refractivity contribution >= 4 is 34.7 Å². The van der Waals surface area contributed by atoms with Gasteiger partial charge in [-0.2, -0.15) is 5.26 Å². The second-order valence-electron chi connectivity index (χ2n) is 7.40. The minimum absolute atomic E-state index is 0.00238. The molecule has 1 saturated heterocycles. The number of hydrogen-bond acceptors (Lipinski definition) is 8. The number of nitriles is 1. The number of primary amides is 1. The van der Waals surface area contributed by atoms with Crippen LogP contribution in [-0.2, 0) is 20.9 Å². The number of amides is 2. The fraction of sp³-hybridized carbons (Fsp3) is 0.174. The number of likely N-dealkylation sites (tertiary alicyclic amines) is 1. The van der Waals surface area contributed by atoms with Gasteiger partial charge in [0.25, 0.3) is 0 Å². The van der Waals surface area contributed by atoms with Crippen LogP contribution in [0.1, 0.15) is 15.9 Å². The third kappa shape index (κ3) is 3.93. The third-order valence-corrected chi connectivity index (χ3v) is 5.31. The second kappa shape index (κ2) is 8.67. The molecule has 0 saturated carbocycles. The average molecular weight is 465 g/mol. The van der Waals surface area contributed by atoms with Crippen molar-refractivity contribution < 1.29 is 37.5 Å². The first-order valence-electron chi connectivity index (χ1n) is 9.85. The van der Waals surface area contributed by atoms with Crippen LogP contribution < -0.4 is 10.5 Å². The van der Waals surface area contributed by atoms with E-state index in [-0.39, 0.29) is 41.1 Å². The third-order valence-electron chi connectivity index (χ3n) is 5.31. The van der Waals surface area contributed by atoms with E-state index >= 15 is 0 Å². The summed E-state index contributed by atoms with van der Waals surface area (Å²) in [6, 6.07) is 9.73. The number of nitrogens with two attached hydrogens (primary N) is 1. The summed E-state index contributed by atoms with van der Waals surface area (Å²) in [5.41, 5.74) is 5.79. The van der Waals surface area contributed by atoms with Gasteiger partial charge in [0.2, 0.25) is 5.91 Å². The van der Waals surface area contributed by atoms with Crippen molar-refractivity contribution in [1.82, 2.24) is 4.90 Å². The lowest BCUT2D eigenvalue weighted by atomic mass is 10.0. The van der Waals surface area contributed by atoms with Gasteiger partial charge in [-0.25, -0.2) is 14.0 Å². The molecule has 4 rings (SSSR count). The van der Waals surface area contributed by atoms with E-state index in [0.29, 0.717) is 11.1 Å². The van der Waals surface area contributed by atoms with Crippen molar-refractivity contribution in [3.05, 3.63) is 53.3 Å². The van der Waals surface area contributed by atoms with Gasteiger partial charge in [0.1, 0.15) is 28.5 Å². The first-order valence-corrected chi connectivity index (χ1v) is 9.85. The number of ether oxygens (including phenoxy) is 2. The summed E-state index contributed by atoms with van der Waals surface area (Å²) in [5, 5.41) is 9.26. The van der Waals surface area contributed by atoms with Crippen LogP contribution in [-0.4, -0.2) is 42.3 Å². The van der Waals surface area contributed by atoms with Gasteiger partial charge in [0.15, 0.2) is 11.7 Å². The van der Waals surface area contributed by atoms with Gasteiger partial charge in [-0.15, -0.1) is 0 Å². The van der Waals surface area contributed by atoms with E-state index in [9.17, 15) is 23.6 Å². The fourth-order valence-electron chi connectivity index (χ4n) is 3.77. The number of Topliss-reactive ketones (excluding diaryl/α,β-unsaturated/α-hetero) is 1. The number of benzene rings is 2. The first-order chi connectivity index (χ1) is 16.2. The molecule has 2 N–H and O–H groups in total. The molecule has 11 heteroatoms. The number of carbonyl (C=O) groups is 4. The zero-order chi connectivity index (χ0) is 24.6. The Kier molecular flexibility index (Phi) is 5.73. The van der Waals surface area contributed by atoms with E-state index < -0.39 is 35.5 Å². The second-order valence-corrected chi connectivity index (χ2v) is 7.40. The van der Waals surface area contributed by atoms with Gasteiger partial charge in [0, 0.05) is 23.1 Å². The van der Waals surface area contributed by atoms with Crippen LogP contribution in [0.2, 0.25) is 0 Å². The highest BCUT2D eigenvalue weighted by molar-refractivity contribution is 6.12. The van der Waals surface area contributed by atoms with E-state index in [1.807, 2.05) is 0 Å². The highest BCUT2D eigenvalue weighted by Crippen LogP contribution is 2.38. The van der Waals surface area contributed by atoms with Crippen LogP contribution in [0.4, 0.5) is 9.18 Å². The lowest BCUT2D eigenvalue weighted by Gasteiger charge is -2.17. The zero-order valence-electron chi connectivity index (χ0n) is 17.7. The van der Waals surface area contributed by atoms with Crippen LogP contribution in [0.3, 0.4) is 0 Å². The molecule has 3 aromatic rings. The summed E-state index contributed by atoms with van der Waals surface area (Å²) in [5.74, 6) is -3.82. The molecule has 2 heterocycles. The topological polar surface area (TPSA) is 153 Å². The number of esters is 1. The maximum absolute atomic E-state index is 13.4. The number of nitrogens with zero attached hydrogens (tertiary/aromatic N) is 2. The summed E-state index contributed by atoms with van der Waals surface area (Å²) in [6.45, 7) is -0.289. The molecule has 0 spiro atoms. The molecule has 10 nitrogen and oxygen atoms in total. The van der Waals surface area contributed by atoms with Crippen LogP contribution in [0.5, 0.6) is 5.75 Å². The summed E-state index contributed by atoms with van der Waals surface area (Å²) in [7, 11) is 1.36. The average Bonchev–Trinajstić information content (AvgIpc) is 3.29. The van der Waals surface area contributed by atoms with Crippen molar-refractivity contribution in [2.24, 2.45) is 11.7 Å². The van der Waals surface area contributed by atoms with Crippen LogP contribution >= 0.6 is 0 Å². The molecule has 1 aromatic heterocycles. The Hall–Kier alpha value is -4.72. The molecule has 1 fully saturated rings. The van der Waals surface area contributed by atoms with Gasteiger partial charge < -0.3 is 24.5 Å². The Balaban J connectivity index is 1.84. The summed E-state index contributed by atoms with van der Waals surface area (Å²) < 4.78 is 29.2. The largest absolute Gasteiger partial charge is 0.496 e. The Morgan fingerprint density at radius 1 is 1.26 bits per heavy atom. The van der Waals surface area contributed by atoms with E-state index in [0.717, 1.165) is 0 Å². The summed E-state index contributed by atoms with van der Waals surface area (Å²) in [4.78, 5) is 49.4. The summed E-state index contributed by atoms with van der Waals surface area (Å²) >= 11 is 0. The van der Waals surface area contributed by atoms with Crippen LogP contribution in [0.25, 0.3) is 22.3 Å². The molecule has 1 atom stereocenters. The van der Waals surface area contributed by atoms with Crippen molar-refractivity contribution in [2.75, 3.05) is 13.7 Å². The minimum atomic E-state index is -1.35. The molecule has 2 aromatic carbocycles. The molecule has 1 aliphatic rings. The smallest absolute Gasteiger partial charge is 0.412 e. The molecule has 1 aliphatic heterocycles. The SMILES string of the molecule is COc1cc2c(C(=O)OC(N)=O)c(-c3ccc(F)cc3)oc2cc1CN1CC(=O)C(C#N)C1=O. The highest BCUT2D eigenvalue weighted by atomic mass is 19.1. The van der Waals surface area contributed by atoms with Crippen LogP contribution in [0.15, 0.2) is 40.8 Å². The quantitative estimate of drug-likeness (QED) is 0.446. The Bertz CT molecular complexity index is 1390. The van der Waals surface area contributed by atoms with Gasteiger partial charge >= 0.3 is 12.1 Å². The molecule has 2 amide bonds. The first kappa shape index (κ1) is 22.5. The number of halogens is 1.